The highest BCUT2D eigenvalue weighted by Gasteiger charge is 2.33. The normalized spacial score (nSPS) is 15.6. The first-order valence-corrected chi connectivity index (χ1v) is 10.6. The van der Waals surface area contributed by atoms with Crippen molar-refractivity contribution in [3.63, 3.8) is 0 Å². The Kier molecular flexibility index (Phi) is 7.80. The molecule has 1 atom stereocenters. The van der Waals surface area contributed by atoms with Crippen molar-refractivity contribution in [1.82, 2.24) is 15.1 Å². The van der Waals surface area contributed by atoms with Crippen molar-refractivity contribution in [1.29, 1.82) is 0 Å². The number of hydrogen-bond donors (Lipinski definition) is 2. The van der Waals surface area contributed by atoms with Gasteiger partial charge in [0.05, 0.1) is 30.9 Å². The Balaban J connectivity index is 1.49. The van der Waals surface area contributed by atoms with E-state index >= 15 is 0 Å². The molecule has 0 unspecified atom stereocenters. The van der Waals surface area contributed by atoms with Gasteiger partial charge in [-0.15, -0.1) is 0 Å². The van der Waals surface area contributed by atoms with Gasteiger partial charge in [-0.25, -0.2) is 4.79 Å². The van der Waals surface area contributed by atoms with E-state index in [0.717, 1.165) is 11.6 Å². The van der Waals surface area contributed by atoms with Crippen LogP contribution in [0.3, 0.4) is 0 Å². The van der Waals surface area contributed by atoms with Gasteiger partial charge < -0.3 is 20.3 Å². The van der Waals surface area contributed by atoms with Crippen molar-refractivity contribution in [2.75, 3.05) is 45.2 Å². The molecule has 1 aliphatic rings. The molecule has 0 saturated carbocycles. The van der Waals surface area contributed by atoms with E-state index in [0.29, 0.717) is 31.9 Å². The SMILES string of the molecule is COc1ccccc1[C@H](C)NC(=O)N1CCN(CC(=O)Nc2ccccc2C(F)(F)F)CC1. The highest BCUT2D eigenvalue weighted by atomic mass is 19.4. The predicted molar refractivity (Wildman–Crippen MR) is 118 cm³/mol. The lowest BCUT2D eigenvalue weighted by molar-refractivity contribution is -0.137. The molecular weight excluding hydrogens is 437 g/mol. The first kappa shape index (κ1) is 24.4. The third kappa shape index (κ3) is 6.38. The molecule has 2 aromatic carbocycles. The topological polar surface area (TPSA) is 73.9 Å². The number of alkyl halides is 3. The summed E-state index contributed by atoms with van der Waals surface area (Å²) in [5.41, 5.74) is -0.287. The number of carbonyl (C=O) groups excluding carboxylic acids is 2. The average Bonchev–Trinajstić information content (AvgIpc) is 2.79. The summed E-state index contributed by atoms with van der Waals surface area (Å²) in [5.74, 6) is 0.155. The van der Waals surface area contributed by atoms with Gasteiger partial charge in [0.25, 0.3) is 0 Å². The maximum absolute atomic E-state index is 13.1. The number of hydrogen-bond acceptors (Lipinski definition) is 4. The van der Waals surface area contributed by atoms with Crippen molar-refractivity contribution >= 4 is 17.6 Å². The lowest BCUT2D eigenvalue weighted by atomic mass is 10.1. The molecular formula is C23H27F3N4O3. The summed E-state index contributed by atoms with van der Waals surface area (Å²) in [7, 11) is 1.57. The third-order valence-electron chi connectivity index (χ3n) is 5.48. The van der Waals surface area contributed by atoms with E-state index in [1.165, 1.54) is 18.2 Å². The second-order valence-corrected chi connectivity index (χ2v) is 7.77. The number of ether oxygens (including phenoxy) is 1. The fourth-order valence-electron chi connectivity index (χ4n) is 3.72. The van der Waals surface area contributed by atoms with Gasteiger partial charge in [0.2, 0.25) is 5.91 Å². The van der Waals surface area contributed by atoms with E-state index in [4.69, 9.17) is 4.74 Å². The van der Waals surface area contributed by atoms with E-state index in [-0.39, 0.29) is 24.3 Å². The molecule has 7 nitrogen and oxygen atoms in total. The van der Waals surface area contributed by atoms with Crippen LogP contribution in [0, 0.1) is 0 Å². The number of anilines is 1. The number of nitrogens with one attached hydrogen (secondary N) is 2. The van der Waals surface area contributed by atoms with Gasteiger partial charge in [0, 0.05) is 31.7 Å². The molecule has 0 bridgehead atoms. The van der Waals surface area contributed by atoms with Crippen LogP contribution in [0.1, 0.15) is 24.1 Å². The summed E-state index contributed by atoms with van der Waals surface area (Å²) in [6, 6.07) is 11.8. The number of piperazine rings is 1. The molecule has 1 aliphatic heterocycles. The van der Waals surface area contributed by atoms with Crippen LogP contribution in [0.15, 0.2) is 48.5 Å². The summed E-state index contributed by atoms with van der Waals surface area (Å²) >= 11 is 0. The largest absolute Gasteiger partial charge is 0.496 e. The van der Waals surface area contributed by atoms with Crippen LogP contribution in [0.2, 0.25) is 0 Å². The molecule has 1 heterocycles. The smallest absolute Gasteiger partial charge is 0.418 e. The highest BCUT2D eigenvalue weighted by molar-refractivity contribution is 5.93. The average molecular weight is 464 g/mol. The van der Waals surface area contributed by atoms with Crippen LogP contribution in [-0.2, 0) is 11.0 Å². The second-order valence-electron chi connectivity index (χ2n) is 7.77. The summed E-state index contributed by atoms with van der Waals surface area (Å²) in [6.07, 6.45) is -4.55. The minimum atomic E-state index is -4.55. The predicted octanol–water partition coefficient (Wildman–Crippen LogP) is 3.74. The Bertz CT molecular complexity index is 975. The molecule has 3 amide bonds. The van der Waals surface area contributed by atoms with E-state index < -0.39 is 17.6 Å². The zero-order valence-corrected chi connectivity index (χ0v) is 18.5. The number of nitrogens with zero attached hydrogens (tertiary/aromatic N) is 2. The molecule has 3 rings (SSSR count). The van der Waals surface area contributed by atoms with E-state index in [9.17, 15) is 22.8 Å². The maximum Gasteiger partial charge on any atom is 0.418 e. The monoisotopic (exact) mass is 464 g/mol. The Hall–Kier alpha value is -3.27. The number of carbonyl (C=O) groups is 2. The lowest BCUT2D eigenvalue weighted by Crippen LogP contribution is -2.53. The molecule has 178 valence electrons. The molecule has 2 aromatic rings. The Morgan fingerprint density at radius 2 is 1.67 bits per heavy atom. The quantitative estimate of drug-likeness (QED) is 0.683. The standard InChI is InChI=1S/C23H27F3N4O3/c1-16(17-7-3-6-10-20(17)33-2)27-22(32)30-13-11-29(12-14-30)15-21(31)28-19-9-5-4-8-18(19)23(24,25)26/h3-10,16H,11-15H2,1-2H3,(H,27,32)(H,28,31)/t16-/m0/s1. The van der Waals surface area contributed by atoms with Crippen molar-refractivity contribution in [2.45, 2.75) is 19.1 Å². The second kappa shape index (κ2) is 10.6. The summed E-state index contributed by atoms with van der Waals surface area (Å²) in [5, 5.41) is 5.30. The number of rotatable bonds is 6. The number of para-hydroxylation sites is 2. The van der Waals surface area contributed by atoms with Crippen LogP contribution >= 0.6 is 0 Å². The minimum Gasteiger partial charge on any atom is -0.496 e. The van der Waals surface area contributed by atoms with Crippen LogP contribution in [-0.4, -0.2) is 61.6 Å². The lowest BCUT2D eigenvalue weighted by Gasteiger charge is -2.35. The van der Waals surface area contributed by atoms with Crippen molar-refractivity contribution in [2.24, 2.45) is 0 Å². The molecule has 0 aromatic heterocycles. The van der Waals surface area contributed by atoms with E-state index in [1.54, 1.807) is 16.9 Å². The van der Waals surface area contributed by atoms with Crippen LogP contribution in [0.25, 0.3) is 0 Å². The first-order valence-electron chi connectivity index (χ1n) is 10.6. The van der Waals surface area contributed by atoms with Gasteiger partial charge in [-0.1, -0.05) is 30.3 Å². The number of halogens is 3. The molecule has 10 heteroatoms. The number of amides is 3. The fourth-order valence-corrected chi connectivity index (χ4v) is 3.72. The minimum absolute atomic E-state index is 0.0563. The maximum atomic E-state index is 13.1. The molecule has 0 spiro atoms. The van der Waals surface area contributed by atoms with Gasteiger partial charge in [0.15, 0.2) is 0 Å². The van der Waals surface area contributed by atoms with Gasteiger partial charge in [-0.2, -0.15) is 13.2 Å². The van der Waals surface area contributed by atoms with Gasteiger partial charge in [-0.3, -0.25) is 9.69 Å². The number of methoxy groups -OCH3 is 1. The third-order valence-corrected chi connectivity index (χ3v) is 5.48. The summed E-state index contributed by atoms with van der Waals surface area (Å²) in [6.45, 7) is 3.48. The zero-order chi connectivity index (χ0) is 24.0. The molecule has 0 radical (unpaired) electrons. The fraction of sp³-hybridized carbons (Fsp3) is 0.391. The molecule has 0 aliphatic carbocycles. The van der Waals surface area contributed by atoms with E-state index in [2.05, 4.69) is 10.6 Å². The molecule has 2 N–H and O–H groups in total. The molecule has 1 saturated heterocycles. The van der Waals surface area contributed by atoms with Crippen molar-refractivity contribution in [3.05, 3.63) is 59.7 Å². The summed E-state index contributed by atoms with van der Waals surface area (Å²) in [4.78, 5) is 28.4. The molecule has 33 heavy (non-hydrogen) atoms. The Labute approximate surface area is 190 Å². The van der Waals surface area contributed by atoms with Gasteiger partial charge in [0.1, 0.15) is 5.75 Å². The zero-order valence-electron chi connectivity index (χ0n) is 18.5. The Morgan fingerprint density at radius 3 is 2.33 bits per heavy atom. The molecule has 1 fully saturated rings. The van der Waals surface area contributed by atoms with Crippen molar-refractivity contribution in [3.8, 4) is 5.75 Å². The number of urea groups is 1. The van der Waals surface area contributed by atoms with Crippen LogP contribution < -0.4 is 15.4 Å². The summed E-state index contributed by atoms with van der Waals surface area (Å²) < 4.78 is 44.7. The van der Waals surface area contributed by atoms with Gasteiger partial charge >= 0.3 is 12.2 Å². The highest BCUT2D eigenvalue weighted by Crippen LogP contribution is 2.34. The first-order chi connectivity index (χ1) is 15.7. The van der Waals surface area contributed by atoms with Crippen LogP contribution in [0.4, 0.5) is 23.7 Å². The van der Waals surface area contributed by atoms with Crippen LogP contribution in [0.5, 0.6) is 5.75 Å². The van der Waals surface area contributed by atoms with Crippen molar-refractivity contribution < 1.29 is 27.5 Å². The number of benzene rings is 2. The van der Waals surface area contributed by atoms with E-state index in [1.807, 2.05) is 31.2 Å². The van der Waals surface area contributed by atoms with Gasteiger partial charge in [-0.05, 0) is 25.1 Å². The Morgan fingerprint density at radius 1 is 1.03 bits per heavy atom.